The van der Waals surface area contributed by atoms with Crippen molar-refractivity contribution in [2.45, 2.75) is 211 Å². The van der Waals surface area contributed by atoms with Gasteiger partial charge in [0.25, 0.3) is 0 Å². The van der Waals surface area contributed by atoms with Crippen molar-refractivity contribution in [3.05, 3.63) is 0 Å². The number of amides is 10. The first-order chi connectivity index (χ1) is 37.6. The van der Waals surface area contributed by atoms with Crippen molar-refractivity contribution in [2.75, 3.05) is 26.2 Å². The van der Waals surface area contributed by atoms with Gasteiger partial charge >= 0.3 is 5.97 Å². The van der Waals surface area contributed by atoms with Gasteiger partial charge in [0.2, 0.25) is 59.1 Å². The van der Waals surface area contributed by atoms with E-state index >= 15 is 0 Å². The van der Waals surface area contributed by atoms with E-state index < -0.39 is 168 Å². The molecular formula is C51H96N14O15. The zero-order valence-corrected chi connectivity index (χ0v) is 47.8. The number of nitrogens with two attached hydrogens (primary N) is 5. The Morgan fingerprint density at radius 2 is 0.675 bits per heavy atom. The van der Waals surface area contributed by atoms with Crippen LogP contribution in [0.3, 0.4) is 0 Å². The van der Waals surface area contributed by atoms with Gasteiger partial charge in [-0.25, -0.2) is 4.79 Å². The summed E-state index contributed by atoms with van der Waals surface area (Å²) in [5, 5.41) is 63.9. The maximum Gasteiger partial charge on any atom is 0.326 e. The Morgan fingerprint density at radius 3 is 1.00 bits per heavy atom. The van der Waals surface area contributed by atoms with E-state index in [4.69, 9.17) is 28.7 Å². The fraction of sp³-hybridized carbons (Fsp3) is 0.784. The summed E-state index contributed by atoms with van der Waals surface area (Å²) in [6.45, 7) is 12.1. The molecule has 0 fully saturated rings. The van der Waals surface area contributed by atoms with Crippen molar-refractivity contribution in [1.29, 1.82) is 0 Å². The van der Waals surface area contributed by atoms with Crippen LogP contribution in [0.2, 0.25) is 0 Å². The molecule has 80 heavy (non-hydrogen) atoms. The fourth-order valence-electron chi connectivity index (χ4n) is 8.01. The van der Waals surface area contributed by atoms with Crippen molar-refractivity contribution in [3.8, 4) is 0 Å². The number of hydrogen-bond acceptors (Lipinski definition) is 18. The number of carboxylic acid groups (broad SMARTS) is 1. The van der Waals surface area contributed by atoms with Crippen LogP contribution in [0.5, 0.6) is 0 Å². The molecule has 0 unspecified atom stereocenters. The molecule has 0 aromatic heterocycles. The van der Waals surface area contributed by atoms with Crippen LogP contribution < -0.4 is 76.5 Å². The molecule has 10 amide bonds. The first-order valence-corrected chi connectivity index (χ1v) is 27.7. The summed E-state index contributed by atoms with van der Waals surface area (Å²) in [4.78, 5) is 147. The summed E-state index contributed by atoms with van der Waals surface area (Å²) in [6.07, 6.45) is -0.732. The SMILES string of the molecule is CC[C@H](C)[C@H](NC(=O)[C@@H](NC(=O)[C@H](CCCCN)NC(=O)[C@@H](NC(=O)[C@H](CO)NC(=O)[C@H](CCCCN)NC(=O)[C@H](CCCCN)NC(=O)[C@@H](NC(=O)[C@@H](NC(=O)[C@@H](N)CC(N)=O)[C@@H](C)CC)[C@@H](C)O)[C@@H](C)O)[C@@H](C)CC)C(=O)O. The first kappa shape index (κ1) is 73.9. The monoisotopic (exact) mass is 1140 g/mol. The van der Waals surface area contributed by atoms with Crippen LogP contribution in [0.1, 0.15) is 139 Å². The van der Waals surface area contributed by atoms with Crippen molar-refractivity contribution in [1.82, 2.24) is 47.9 Å². The van der Waals surface area contributed by atoms with Crippen LogP contribution in [0.25, 0.3) is 0 Å². The van der Waals surface area contributed by atoms with Crippen LogP contribution in [0.15, 0.2) is 0 Å². The van der Waals surface area contributed by atoms with E-state index in [1.807, 2.05) is 0 Å². The smallest absolute Gasteiger partial charge is 0.326 e. The normalized spacial score (nSPS) is 16.9. The van der Waals surface area contributed by atoms with Gasteiger partial charge in [0.15, 0.2) is 0 Å². The van der Waals surface area contributed by atoms with E-state index in [1.165, 1.54) is 6.92 Å². The molecule has 0 aromatic carbocycles. The Labute approximate surface area is 469 Å². The molecule has 0 bridgehead atoms. The Morgan fingerprint density at radius 1 is 0.400 bits per heavy atom. The zero-order chi connectivity index (χ0) is 61.4. The summed E-state index contributed by atoms with van der Waals surface area (Å²) < 4.78 is 0. The van der Waals surface area contributed by atoms with Gasteiger partial charge in [-0.1, -0.05) is 60.8 Å². The van der Waals surface area contributed by atoms with Gasteiger partial charge in [0, 0.05) is 0 Å². The molecule has 0 aliphatic carbocycles. The fourth-order valence-corrected chi connectivity index (χ4v) is 8.01. The van der Waals surface area contributed by atoms with Crippen LogP contribution in [-0.4, -0.2) is 184 Å². The summed E-state index contributed by atoms with van der Waals surface area (Å²) >= 11 is 0. The average molecular weight is 1150 g/mol. The number of rotatable bonds is 42. The quantitative estimate of drug-likeness (QED) is 0.0254. The number of aliphatic hydroxyl groups excluding tert-OH is 3. The number of aliphatic carboxylic acids is 1. The molecule has 0 spiro atoms. The number of hydrogen-bond donors (Lipinski definition) is 18. The summed E-state index contributed by atoms with van der Waals surface area (Å²) in [5.74, 6) is -12.2. The minimum absolute atomic E-state index is 0.0198. The number of carboxylic acids is 1. The Balaban J connectivity index is 6.67. The summed E-state index contributed by atoms with van der Waals surface area (Å²) in [6, 6.07) is -14.7. The topological polar surface area (TPSA) is 507 Å². The van der Waals surface area contributed by atoms with Crippen LogP contribution in [0.4, 0.5) is 0 Å². The molecule has 0 radical (unpaired) electrons. The van der Waals surface area contributed by atoms with Crippen LogP contribution in [0, 0.1) is 17.8 Å². The van der Waals surface area contributed by atoms with E-state index in [0.717, 1.165) is 6.92 Å². The lowest BCUT2D eigenvalue weighted by atomic mass is 9.95. The summed E-state index contributed by atoms with van der Waals surface area (Å²) in [5.41, 5.74) is 28.1. The predicted octanol–water partition coefficient (Wildman–Crippen LogP) is -5.08. The van der Waals surface area contributed by atoms with E-state index in [2.05, 4.69) is 47.9 Å². The molecule has 0 rings (SSSR count). The average Bonchev–Trinajstić information content (AvgIpc) is 3.40. The lowest BCUT2D eigenvalue weighted by Crippen LogP contribution is -2.63. The Kier molecular flexibility index (Phi) is 36.3. The van der Waals surface area contributed by atoms with Crippen LogP contribution >= 0.6 is 0 Å². The van der Waals surface area contributed by atoms with Gasteiger partial charge in [-0.05, 0) is 109 Å². The molecule has 460 valence electrons. The minimum atomic E-state index is -1.81. The maximum atomic E-state index is 14.1. The maximum absolute atomic E-state index is 14.1. The van der Waals surface area contributed by atoms with Crippen LogP contribution in [-0.2, 0) is 52.7 Å². The molecule has 0 saturated heterocycles. The number of unbranched alkanes of at least 4 members (excludes halogenated alkanes) is 3. The third-order valence-electron chi connectivity index (χ3n) is 13.8. The highest BCUT2D eigenvalue weighted by molar-refractivity contribution is 5.99. The Hall–Kier alpha value is -6.11. The van der Waals surface area contributed by atoms with Gasteiger partial charge in [0.05, 0.1) is 31.3 Å². The molecule has 0 heterocycles. The highest BCUT2D eigenvalue weighted by Gasteiger charge is 2.38. The van der Waals surface area contributed by atoms with Gasteiger partial charge in [-0.3, -0.25) is 47.9 Å². The van der Waals surface area contributed by atoms with Gasteiger partial charge in [-0.2, -0.15) is 0 Å². The van der Waals surface area contributed by atoms with E-state index in [0.29, 0.717) is 44.9 Å². The highest BCUT2D eigenvalue weighted by Crippen LogP contribution is 2.15. The molecule has 23 N–H and O–H groups in total. The predicted molar refractivity (Wildman–Crippen MR) is 294 cm³/mol. The van der Waals surface area contributed by atoms with Crippen molar-refractivity contribution < 1.29 is 73.2 Å². The third-order valence-corrected chi connectivity index (χ3v) is 13.8. The van der Waals surface area contributed by atoms with Crippen molar-refractivity contribution in [3.63, 3.8) is 0 Å². The summed E-state index contributed by atoms with van der Waals surface area (Å²) in [7, 11) is 0. The molecule has 29 heteroatoms. The standard InChI is InChI=1S/C51H96N14O15/c1-9-26(4)37(61-42(70)31(55)24-36(56)69)48(76)65-41(30(8)68)50(78)58-33(19-13-16-22-53)43(71)57-32(18-12-15-21-52)44(72)60-35(25-66)46(74)64-40(29(7)67)49(77)59-34(20-14-17-23-54)45(73)62-38(27(5)10-2)47(75)63-39(51(79)80)28(6)11-3/h26-35,37-41,66-68H,9-25,52-55H2,1-8H3,(H2,56,69)(H,57,71)(H,58,78)(H,59,77)(H,60,72)(H,61,70)(H,62,73)(H,63,75)(H,64,74)(H,65,76)(H,79,80)/t26-,27-,28-,29+,30+,31-,32-,33-,34-,35-,37-,38-,39-,40-,41-/m0/s1. The second kappa shape index (κ2) is 39.3. The van der Waals surface area contributed by atoms with E-state index in [1.54, 1.807) is 41.5 Å². The molecule has 0 aliphatic rings. The zero-order valence-electron chi connectivity index (χ0n) is 47.8. The van der Waals surface area contributed by atoms with E-state index in [9.17, 15) is 73.2 Å². The molecule has 29 nitrogen and oxygen atoms in total. The van der Waals surface area contributed by atoms with Crippen molar-refractivity contribution in [2.24, 2.45) is 46.4 Å². The van der Waals surface area contributed by atoms with Crippen molar-refractivity contribution >= 4 is 65.0 Å². The minimum Gasteiger partial charge on any atom is -0.480 e. The number of nitrogens with one attached hydrogen (secondary N) is 9. The second-order valence-electron chi connectivity index (χ2n) is 20.5. The van der Waals surface area contributed by atoms with Gasteiger partial charge in [0.1, 0.15) is 54.4 Å². The second-order valence-corrected chi connectivity index (χ2v) is 20.5. The number of carbonyl (C=O) groups is 11. The van der Waals surface area contributed by atoms with Gasteiger partial charge < -0.3 is 96.9 Å². The number of carbonyl (C=O) groups excluding carboxylic acids is 10. The lowest BCUT2D eigenvalue weighted by molar-refractivity contribution is -0.144. The highest BCUT2D eigenvalue weighted by atomic mass is 16.4. The number of aliphatic hydroxyl groups is 3. The largest absolute Gasteiger partial charge is 0.480 e. The Bertz CT molecular complexity index is 2000. The first-order valence-electron chi connectivity index (χ1n) is 27.7. The molecule has 0 aromatic rings. The molecule has 15 atom stereocenters. The molecular weight excluding hydrogens is 1050 g/mol. The van der Waals surface area contributed by atoms with E-state index in [-0.39, 0.29) is 51.7 Å². The third kappa shape index (κ3) is 26.4. The van der Waals surface area contributed by atoms with Gasteiger partial charge in [-0.15, -0.1) is 0 Å². The lowest BCUT2D eigenvalue weighted by Gasteiger charge is -2.30. The molecule has 0 aliphatic heterocycles. The number of primary amides is 1. The molecule has 0 saturated carbocycles.